The van der Waals surface area contributed by atoms with Crippen LogP contribution in [0.1, 0.15) is 11.1 Å². The Balaban J connectivity index is 2.12. The molecule has 0 aliphatic rings. The molecule has 2 aromatic rings. The Kier molecular flexibility index (Phi) is 3.97. The predicted octanol–water partition coefficient (Wildman–Crippen LogP) is 2.61. The molecular formula is C14H14FNO2S. The molecule has 0 radical (unpaired) electrons. The second-order valence-electron chi connectivity index (χ2n) is 4.27. The first-order valence-corrected chi connectivity index (χ1v) is 7.26. The van der Waals surface area contributed by atoms with Crippen LogP contribution >= 0.6 is 0 Å². The van der Waals surface area contributed by atoms with E-state index in [9.17, 15) is 12.8 Å². The summed E-state index contributed by atoms with van der Waals surface area (Å²) in [6.07, 6.45) is 0. The lowest BCUT2D eigenvalue weighted by Gasteiger charge is -2.07. The molecule has 0 fully saturated rings. The highest BCUT2D eigenvalue weighted by Gasteiger charge is 2.13. The molecule has 5 heteroatoms. The normalized spacial score (nSPS) is 11.5. The second-order valence-corrected chi connectivity index (χ2v) is 6.03. The van der Waals surface area contributed by atoms with Gasteiger partial charge in [-0.3, -0.25) is 0 Å². The van der Waals surface area contributed by atoms with Crippen LogP contribution in [0, 0.1) is 12.7 Å². The van der Waals surface area contributed by atoms with Crippen LogP contribution in [0.3, 0.4) is 0 Å². The topological polar surface area (TPSA) is 46.2 Å². The van der Waals surface area contributed by atoms with E-state index in [1.807, 2.05) is 31.2 Å². The summed E-state index contributed by atoms with van der Waals surface area (Å²) < 4.78 is 39.4. The van der Waals surface area contributed by atoms with Gasteiger partial charge in [0.1, 0.15) is 5.82 Å². The summed E-state index contributed by atoms with van der Waals surface area (Å²) in [5, 5.41) is 0. The first kappa shape index (κ1) is 13.7. The van der Waals surface area contributed by atoms with Gasteiger partial charge in [0, 0.05) is 6.54 Å². The fourth-order valence-corrected chi connectivity index (χ4v) is 2.65. The summed E-state index contributed by atoms with van der Waals surface area (Å²) in [5.74, 6) is -0.571. The van der Waals surface area contributed by atoms with Gasteiger partial charge in [-0.2, -0.15) is 0 Å². The molecule has 0 saturated heterocycles. The van der Waals surface area contributed by atoms with Crippen molar-refractivity contribution in [1.29, 1.82) is 0 Å². The molecule has 2 rings (SSSR count). The summed E-state index contributed by atoms with van der Waals surface area (Å²) in [6.45, 7) is 2.14. The molecule has 0 aliphatic carbocycles. The summed E-state index contributed by atoms with van der Waals surface area (Å²) in [6, 6.07) is 12.5. The van der Waals surface area contributed by atoms with Gasteiger partial charge in [0.15, 0.2) is 0 Å². The van der Waals surface area contributed by atoms with Crippen molar-refractivity contribution in [3.63, 3.8) is 0 Å². The molecule has 0 saturated carbocycles. The van der Waals surface area contributed by atoms with E-state index in [1.165, 1.54) is 18.2 Å². The summed E-state index contributed by atoms with van der Waals surface area (Å²) in [7, 11) is -3.68. The zero-order valence-electron chi connectivity index (χ0n) is 10.4. The third kappa shape index (κ3) is 3.62. The molecule has 2 aromatic carbocycles. The third-order valence-electron chi connectivity index (χ3n) is 2.69. The maximum Gasteiger partial charge on any atom is 0.240 e. The highest BCUT2D eigenvalue weighted by atomic mass is 32.2. The minimum Gasteiger partial charge on any atom is -0.207 e. The van der Waals surface area contributed by atoms with Gasteiger partial charge in [-0.25, -0.2) is 17.5 Å². The maximum absolute atomic E-state index is 13.0. The molecule has 3 nitrogen and oxygen atoms in total. The molecule has 0 heterocycles. The van der Waals surface area contributed by atoms with Crippen molar-refractivity contribution < 1.29 is 12.8 Å². The third-order valence-corrected chi connectivity index (χ3v) is 4.09. The Morgan fingerprint density at radius 2 is 1.79 bits per heavy atom. The van der Waals surface area contributed by atoms with E-state index >= 15 is 0 Å². The van der Waals surface area contributed by atoms with E-state index in [-0.39, 0.29) is 11.4 Å². The fraction of sp³-hybridized carbons (Fsp3) is 0.143. The summed E-state index contributed by atoms with van der Waals surface area (Å²) >= 11 is 0. The standard InChI is InChI=1S/C14H14FNO2S/c1-11-5-7-12(8-6-11)10-16-19(17,18)14-4-2-3-13(15)9-14/h2-9,16H,10H2,1H3. The first-order chi connectivity index (χ1) is 8.97. The molecular weight excluding hydrogens is 265 g/mol. The molecule has 0 spiro atoms. The zero-order valence-corrected chi connectivity index (χ0v) is 11.2. The number of aryl methyl sites for hydroxylation is 1. The number of benzene rings is 2. The quantitative estimate of drug-likeness (QED) is 0.935. The monoisotopic (exact) mass is 279 g/mol. The van der Waals surface area contributed by atoms with E-state index in [0.717, 1.165) is 17.2 Å². The van der Waals surface area contributed by atoms with E-state index in [0.29, 0.717) is 0 Å². The van der Waals surface area contributed by atoms with Gasteiger partial charge in [0.05, 0.1) is 4.90 Å². The molecule has 0 amide bonds. The molecule has 0 bridgehead atoms. The van der Waals surface area contributed by atoms with Crippen molar-refractivity contribution in [2.45, 2.75) is 18.4 Å². The number of nitrogens with one attached hydrogen (secondary N) is 1. The number of sulfonamides is 1. The number of hydrogen-bond acceptors (Lipinski definition) is 2. The average molecular weight is 279 g/mol. The largest absolute Gasteiger partial charge is 0.240 e. The minimum atomic E-state index is -3.68. The number of hydrogen-bond donors (Lipinski definition) is 1. The van der Waals surface area contributed by atoms with E-state index in [1.54, 1.807) is 0 Å². The Hall–Kier alpha value is -1.72. The first-order valence-electron chi connectivity index (χ1n) is 5.78. The molecule has 0 aromatic heterocycles. The molecule has 100 valence electrons. The zero-order chi connectivity index (χ0) is 13.9. The van der Waals surface area contributed by atoms with Crippen molar-refractivity contribution in [3.05, 3.63) is 65.5 Å². The van der Waals surface area contributed by atoms with Crippen LogP contribution < -0.4 is 4.72 Å². The lowest BCUT2D eigenvalue weighted by atomic mass is 10.2. The highest BCUT2D eigenvalue weighted by Crippen LogP contribution is 2.11. The molecule has 0 aliphatic heterocycles. The van der Waals surface area contributed by atoms with Crippen LogP contribution in [0.4, 0.5) is 4.39 Å². The average Bonchev–Trinajstić information content (AvgIpc) is 2.38. The maximum atomic E-state index is 13.0. The Bertz CT molecular complexity index is 666. The fourth-order valence-electron chi connectivity index (χ4n) is 1.60. The van der Waals surface area contributed by atoms with Crippen LogP contribution in [0.2, 0.25) is 0 Å². The van der Waals surface area contributed by atoms with Crippen molar-refractivity contribution in [1.82, 2.24) is 4.72 Å². The molecule has 19 heavy (non-hydrogen) atoms. The van der Waals surface area contributed by atoms with E-state index in [2.05, 4.69) is 4.72 Å². The Morgan fingerprint density at radius 3 is 2.42 bits per heavy atom. The molecule has 0 unspecified atom stereocenters. The SMILES string of the molecule is Cc1ccc(CNS(=O)(=O)c2cccc(F)c2)cc1. The van der Waals surface area contributed by atoms with Gasteiger partial charge >= 0.3 is 0 Å². The minimum absolute atomic E-state index is 0.0698. The molecule has 0 atom stereocenters. The van der Waals surface area contributed by atoms with Crippen molar-refractivity contribution in [2.24, 2.45) is 0 Å². The number of halogens is 1. The van der Waals surface area contributed by atoms with Crippen LogP contribution in [0.15, 0.2) is 53.4 Å². The Labute approximate surface area is 112 Å². The van der Waals surface area contributed by atoms with Gasteiger partial charge < -0.3 is 0 Å². The van der Waals surface area contributed by atoms with Crippen LogP contribution in [0.25, 0.3) is 0 Å². The lowest BCUT2D eigenvalue weighted by molar-refractivity contribution is 0.577. The van der Waals surface area contributed by atoms with E-state index in [4.69, 9.17) is 0 Å². The van der Waals surface area contributed by atoms with Crippen molar-refractivity contribution in [2.75, 3.05) is 0 Å². The van der Waals surface area contributed by atoms with Gasteiger partial charge in [-0.15, -0.1) is 0 Å². The van der Waals surface area contributed by atoms with Gasteiger partial charge in [-0.05, 0) is 30.7 Å². The van der Waals surface area contributed by atoms with Gasteiger partial charge in [0.2, 0.25) is 10.0 Å². The smallest absolute Gasteiger partial charge is 0.207 e. The van der Waals surface area contributed by atoms with Crippen LogP contribution in [-0.2, 0) is 16.6 Å². The van der Waals surface area contributed by atoms with Gasteiger partial charge in [-0.1, -0.05) is 35.9 Å². The number of rotatable bonds is 4. The van der Waals surface area contributed by atoms with Gasteiger partial charge in [0.25, 0.3) is 0 Å². The predicted molar refractivity (Wildman–Crippen MR) is 71.6 cm³/mol. The van der Waals surface area contributed by atoms with Crippen LogP contribution in [-0.4, -0.2) is 8.42 Å². The summed E-state index contributed by atoms with van der Waals surface area (Å²) in [4.78, 5) is -0.0698. The second kappa shape index (κ2) is 5.50. The van der Waals surface area contributed by atoms with Crippen LogP contribution in [0.5, 0.6) is 0 Å². The summed E-state index contributed by atoms with van der Waals surface area (Å²) in [5.41, 5.74) is 1.96. The Morgan fingerprint density at radius 1 is 1.11 bits per heavy atom. The lowest BCUT2D eigenvalue weighted by Crippen LogP contribution is -2.23. The highest BCUT2D eigenvalue weighted by molar-refractivity contribution is 7.89. The van der Waals surface area contributed by atoms with Crippen molar-refractivity contribution in [3.8, 4) is 0 Å². The van der Waals surface area contributed by atoms with E-state index < -0.39 is 15.8 Å². The molecule has 1 N–H and O–H groups in total. The van der Waals surface area contributed by atoms with Crippen molar-refractivity contribution >= 4 is 10.0 Å².